The van der Waals surface area contributed by atoms with Gasteiger partial charge in [-0.2, -0.15) is 0 Å². The summed E-state index contributed by atoms with van der Waals surface area (Å²) in [7, 11) is 0. The van der Waals surface area contributed by atoms with Crippen LogP contribution in [0.1, 0.15) is 44.1 Å². The van der Waals surface area contributed by atoms with Crippen LogP contribution in [-0.2, 0) is 4.79 Å². The molecule has 3 aromatic rings. The first-order chi connectivity index (χ1) is 13.6. The van der Waals surface area contributed by atoms with Crippen LogP contribution in [0.5, 0.6) is 0 Å². The van der Waals surface area contributed by atoms with Crippen LogP contribution in [0.15, 0.2) is 55.0 Å². The summed E-state index contributed by atoms with van der Waals surface area (Å²) in [5.74, 6) is 0.547. The molecule has 0 bridgehead atoms. The predicted octanol–water partition coefficient (Wildman–Crippen LogP) is 5.32. The fourth-order valence-electron chi connectivity index (χ4n) is 4.33. The zero-order chi connectivity index (χ0) is 19.5. The van der Waals surface area contributed by atoms with Gasteiger partial charge in [0.1, 0.15) is 5.82 Å². The number of nitrogens with one attached hydrogen (secondary N) is 1. The van der Waals surface area contributed by atoms with Crippen molar-refractivity contribution in [2.24, 2.45) is 11.8 Å². The van der Waals surface area contributed by atoms with Gasteiger partial charge in [-0.05, 0) is 79.5 Å². The number of aromatic nitrogens is 2. The van der Waals surface area contributed by atoms with Crippen molar-refractivity contribution in [2.75, 3.05) is 5.32 Å². The van der Waals surface area contributed by atoms with Crippen molar-refractivity contribution in [2.45, 2.75) is 38.5 Å². The van der Waals surface area contributed by atoms with Gasteiger partial charge in [0.05, 0.1) is 5.52 Å². The Morgan fingerprint density at radius 1 is 1.07 bits per heavy atom. The Morgan fingerprint density at radius 3 is 2.57 bits per heavy atom. The van der Waals surface area contributed by atoms with Crippen LogP contribution in [0.3, 0.4) is 0 Å². The van der Waals surface area contributed by atoms with E-state index >= 15 is 0 Å². The van der Waals surface area contributed by atoms with Crippen LogP contribution in [0.25, 0.3) is 10.9 Å². The maximum atomic E-state index is 13.7. The number of nitrogens with zero attached hydrogens (tertiary/aromatic N) is 2. The number of hydrogen-bond donors (Lipinski definition) is 1. The zero-order valence-corrected chi connectivity index (χ0v) is 15.9. The minimum atomic E-state index is -0.225. The van der Waals surface area contributed by atoms with E-state index in [4.69, 9.17) is 0 Å². The van der Waals surface area contributed by atoms with Gasteiger partial charge in [-0.15, -0.1) is 0 Å². The van der Waals surface area contributed by atoms with Crippen molar-refractivity contribution in [3.8, 4) is 0 Å². The first-order valence-corrected chi connectivity index (χ1v) is 9.87. The van der Waals surface area contributed by atoms with E-state index in [0.29, 0.717) is 11.8 Å². The van der Waals surface area contributed by atoms with Gasteiger partial charge < -0.3 is 5.32 Å². The largest absolute Gasteiger partial charge is 0.326 e. The molecule has 1 aromatic carbocycles. The van der Waals surface area contributed by atoms with Crippen LogP contribution in [0.2, 0.25) is 0 Å². The SMILES string of the molecule is C[C@@H](C(=O)Nc1ccncc1)C1CCC(c2ccnc3ccc(F)cc23)CC1. The number of fused-ring (bicyclic) bond motifs is 1. The molecular formula is C23H24FN3O. The summed E-state index contributed by atoms with van der Waals surface area (Å²) in [6.07, 6.45) is 9.16. The molecule has 4 nitrogen and oxygen atoms in total. The quantitative estimate of drug-likeness (QED) is 0.670. The molecule has 0 unspecified atom stereocenters. The number of rotatable bonds is 4. The Bertz CT molecular complexity index is 968. The average molecular weight is 377 g/mol. The third-order valence-electron chi connectivity index (χ3n) is 6.02. The maximum Gasteiger partial charge on any atom is 0.227 e. The molecule has 1 saturated carbocycles. The van der Waals surface area contributed by atoms with Crippen LogP contribution in [0.4, 0.5) is 10.1 Å². The molecule has 2 heterocycles. The van der Waals surface area contributed by atoms with Crippen LogP contribution < -0.4 is 5.32 Å². The molecule has 4 rings (SSSR count). The highest BCUT2D eigenvalue weighted by Gasteiger charge is 2.30. The molecule has 0 saturated heterocycles. The topological polar surface area (TPSA) is 54.9 Å². The minimum absolute atomic E-state index is 0.0410. The molecule has 1 amide bonds. The molecule has 1 atom stereocenters. The van der Waals surface area contributed by atoms with Crippen molar-refractivity contribution in [1.82, 2.24) is 9.97 Å². The third-order valence-corrected chi connectivity index (χ3v) is 6.02. The normalized spacial score (nSPS) is 20.6. The molecule has 0 aliphatic heterocycles. The van der Waals surface area contributed by atoms with Gasteiger partial charge in [0.25, 0.3) is 0 Å². The van der Waals surface area contributed by atoms with Crippen LogP contribution in [-0.4, -0.2) is 15.9 Å². The summed E-state index contributed by atoms with van der Waals surface area (Å²) in [5, 5.41) is 3.89. The van der Waals surface area contributed by atoms with Crippen molar-refractivity contribution >= 4 is 22.5 Å². The Kier molecular flexibility index (Phi) is 5.33. The highest BCUT2D eigenvalue weighted by atomic mass is 19.1. The van der Waals surface area contributed by atoms with Gasteiger partial charge in [0, 0.05) is 35.6 Å². The predicted molar refractivity (Wildman–Crippen MR) is 108 cm³/mol. The van der Waals surface area contributed by atoms with E-state index in [-0.39, 0.29) is 17.6 Å². The Balaban J connectivity index is 1.42. The van der Waals surface area contributed by atoms with Gasteiger partial charge in [-0.3, -0.25) is 14.8 Å². The first kappa shape index (κ1) is 18.5. The molecule has 0 spiro atoms. The van der Waals surface area contributed by atoms with Gasteiger partial charge >= 0.3 is 0 Å². The number of amides is 1. The molecule has 28 heavy (non-hydrogen) atoms. The molecule has 5 heteroatoms. The van der Waals surface area contributed by atoms with Crippen molar-refractivity contribution in [1.29, 1.82) is 0 Å². The molecule has 144 valence electrons. The van der Waals surface area contributed by atoms with E-state index in [1.807, 2.05) is 19.2 Å². The van der Waals surface area contributed by atoms with Crippen molar-refractivity contribution < 1.29 is 9.18 Å². The van der Waals surface area contributed by atoms with Gasteiger partial charge in [-0.25, -0.2) is 4.39 Å². The van der Waals surface area contributed by atoms with Crippen molar-refractivity contribution in [3.63, 3.8) is 0 Å². The molecule has 1 aliphatic rings. The molecule has 1 aliphatic carbocycles. The third kappa shape index (κ3) is 3.88. The second-order valence-corrected chi connectivity index (χ2v) is 7.69. The summed E-state index contributed by atoms with van der Waals surface area (Å²) in [6.45, 7) is 2.01. The first-order valence-electron chi connectivity index (χ1n) is 9.87. The van der Waals surface area contributed by atoms with E-state index in [1.165, 1.54) is 11.6 Å². The second-order valence-electron chi connectivity index (χ2n) is 7.69. The number of halogens is 1. The number of benzene rings is 1. The number of carbonyl (C=O) groups excluding carboxylic acids is 1. The smallest absolute Gasteiger partial charge is 0.227 e. The standard InChI is InChI=1S/C23H24FN3O/c1-15(23(28)27-19-8-11-25-12-9-19)16-2-4-17(5-3-16)20-10-13-26-22-7-6-18(24)14-21(20)22/h6-17H,2-5H2,1H3,(H,25,27,28)/t15-,16?,17?/m1/s1. The maximum absolute atomic E-state index is 13.7. The Hall–Kier alpha value is -2.82. The Morgan fingerprint density at radius 2 is 1.82 bits per heavy atom. The molecule has 1 fully saturated rings. The lowest BCUT2D eigenvalue weighted by Crippen LogP contribution is -2.29. The Labute approximate surface area is 164 Å². The van der Waals surface area contributed by atoms with E-state index in [2.05, 4.69) is 15.3 Å². The van der Waals surface area contributed by atoms with Gasteiger partial charge in [0.15, 0.2) is 0 Å². The summed E-state index contributed by atoms with van der Waals surface area (Å²) >= 11 is 0. The second kappa shape index (κ2) is 8.05. The highest BCUT2D eigenvalue weighted by Crippen LogP contribution is 2.40. The van der Waals surface area contributed by atoms with E-state index in [1.54, 1.807) is 36.7 Å². The fraction of sp³-hybridized carbons (Fsp3) is 0.348. The van der Waals surface area contributed by atoms with E-state index < -0.39 is 0 Å². The van der Waals surface area contributed by atoms with Gasteiger partial charge in [0.2, 0.25) is 5.91 Å². The lowest BCUT2D eigenvalue weighted by Gasteiger charge is -2.32. The number of carbonyl (C=O) groups is 1. The summed E-state index contributed by atoms with van der Waals surface area (Å²) < 4.78 is 13.7. The lowest BCUT2D eigenvalue weighted by molar-refractivity contribution is -0.121. The number of anilines is 1. The van der Waals surface area contributed by atoms with Crippen LogP contribution in [0, 0.1) is 17.7 Å². The van der Waals surface area contributed by atoms with Crippen LogP contribution >= 0.6 is 0 Å². The fourth-order valence-corrected chi connectivity index (χ4v) is 4.33. The molecule has 1 N–H and O–H groups in total. The lowest BCUT2D eigenvalue weighted by atomic mass is 9.73. The average Bonchev–Trinajstić information content (AvgIpc) is 2.73. The minimum Gasteiger partial charge on any atom is -0.326 e. The summed E-state index contributed by atoms with van der Waals surface area (Å²) in [5.41, 5.74) is 2.80. The number of pyridine rings is 2. The van der Waals surface area contributed by atoms with E-state index in [9.17, 15) is 9.18 Å². The summed E-state index contributed by atoms with van der Waals surface area (Å²) in [6, 6.07) is 10.4. The monoisotopic (exact) mass is 377 g/mol. The summed E-state index contributed by atoms with van der Waals surface area (Å²) in [4.78, 5) is 20.9. The molecule has 2 aromatic heterocycles. The number of hydrogen-bond acceptors (Lipinski definition) is 3. The van der Waals surface area contributed by atoms with Crippen molar-refractivity contribution in [3.05, 3.63) is 66.4 Å². The zero-order valence-electron chi connectivity index (χ0n) is 15.9. The van der Waals surface area contributed by atoms with E-state index in [0.717, 1.165) is 42.3 Å². The molecule has 0 radical (unpaired) electrons. The highest BCUT2D eigenvalue weighted by molar-refractivity contribution is 5.92. The van der Waals surface area contributed by atoms with Gasteiger partial charge in [-0.1, -0.05) is 6.92 Å². The molecular weight excluding hydrogens is 353 g/mol.